The maximum absolute atomic E-state index is 12.3. The molecule has 25 heavy (non-hydrogen) atoms. The molecule has 1 aromatic carbocycles. The molecule has 0 radical (unpaired) electrons. The number of carbonyl (C=O) groups is 2. The average Bonchev–Trinajstić information content (AvgIpc) is 3.35. The number of carbonyl (C=O) groups excluding carboxylic acids is 2. The van der Waals surface area contributed by atoms with Crippen LogP contribution in [-0.4, -0.2) is 23.3 Å². The Morgan fingerprint density at radius 2 is 2.04 bits per heavy atom. The molecule has 1 aromatic heterocycles. The zero-order chi connectivity index (χ0) is 17.8. The van der Waals surface area contributed by atoms with Crippen molar-refractivity contribution in [1.29, 1.82) is 0 Å². The van der Waals surface area contributed by atoms with E-state index in [9.17, 15) is 9.59 Å². The van der Waals surface area contributed by atoms with Crippen LogP contribution < -0.4 is 16.4 Å². The third kappa shape index (κ3) is 4.64. The van der Waals surface area contributed by atoms with E-state index in [1.54, 1.807) is 5.38 Å². The number of aromatic nitrogens is 1. The van der Waals surface area contributed by atoms with Crippen molar-refractivity contribution in [2.75, 3.05) is 11.9 Å². The summed E-state index contributed by atoms with van der Waals surface area (Å²) >= 11 is 1.45. The lowest BCUT2D eigenvalue weighted by atomic mass is 10.1. The van der Waals surface area contributed by atoms with Crippen molar-refractivity contribution < 1.29 is 9.59 Å². The molecule has 0 saturated heterocycles. The number of nitrogens with two attached hydrogens (primary N) is 1. The van der Waals surface area contributed by atoms with Crippen LogP contribution in [0.15, 0.2) is 29.6 Å². The molecule has 0 aliphatic heterocycles. The van der Waals surface area contributed by atoms with Crippen molar-refractivity contribution in [3.05, 3.63) is 45.9 Å². The molecule has 1 fully saturated rings. The number of thiazole rings is 1. The topological polar surface area (TPSA) is 97.1 Å². The molecule has 1 atom stereocenters. The van der Waals surface area contributed by atoms with E-state index in [1.807, 2.05) is 31.2 Å². The summed E-state index contributed by atoms with van der Waals surface area (Å²) in [4.78, 5) is 28.3. The lowest BCUT2D eigenvalue weighted by Crippen LogP contribution is -2.27. The Hall–Kier alpha value is -2.25. The number of hydrogen-bond donors (Lipinski definition) is 3. The average molecular weight is 358 g/mol. The van der Waals surface area contributed by atoms with Gasteiger partial charge in [-0.2, -0.15) is 0 Å². The molecule has 1 unspecified atom stereocenters. The molecule has 1 saturated carbocycles. The monoisotopic (exact) mass is 358 g/mol. The van der Waals surface area contributed by atoms with Crippen molar-refractivity contribution in [1.82, 2.24) is 10.3 Å². The van der Waals surface area contributed by atoms with E-state index < -0.39 is 0 Å². The fraction of sp³-hybridized carbons (Fsp3) is 0.389. The summed E-state index contributed by atoms with van der Waals surface area (Å²) in [5.74, 6) is 0.0733. The quantitative estimate of drug-likeness (QED) is 0.708. The van der Waals surface area contributed by atoms with E-state index in [0.717, 1.165) is 29.1 Å². The highest BCUT2D eigenvalue weighted by atomic mass is 32.1. The van der Waals surface area contributed by atoms with Gasteiger partial charge in [0, 0.05) is 23.4 Å². The molecular weight excluding hydrogens is 336 g/mol. The fourth-order valence-electron chi connectivity index (χ4n) is 2.45. The number of anilines is 1. The number of hydrogen-bond acceptors (Lipinski definition) is 5. The molecule has 2 aromatic rings. The zero-order valence-electron chi connectivity index (χ0n) is 14.1. The molecule has 1 aliphatic rings. The van der Waals surface area contributed by atoms with Crippen LogP contribution in [0.2, 0.25) is 0 Å². The minimum absolute atomic E-state index is 0.0888. The van der Waals surface area contributed by atoms with Crippen LogP contribution in [0.25, 0.3) is 0 Å². The van der Waals surface area contributed by atoms with E-state index in [4.69, 9.17) is 5.73 Å². The molecule has 4 N–H and O–H groups in total. The van der Waals surface area contributed by atoms with Crippen molar-refractivity contribution >= 4 is 28.8 Å². The summed E-state index contributed by atoms with van der Waals surface area (Å²) < 4.78 is 0. The lowest BCUT2D eigenvalue weighted by Gasteiger charge is -2.14. The molecule has 0 spiro atoms. The summed E-state index contributed by atoms with van der Waals surface area (Å²) in [6.45, 7) is 2.44. The highest BCUT2D eigenvalue weighted by molar-refractivity contribution is 7.09. The van der Waals surface area contributed by atoms with Gasteiger partial charge in [0.25, 0.3) is 5.91 Å². The van der Waals surface area contributed by atoms with Crippen molar-refractivity contribution in [2.24, 2.45) is 11.7 Å². The predicted octanol–water partition coefficient (Wildman–Crippen LogP) is 2.48. The summed E-state index contributed by atoms with van der Waals surface area (Å²) in [5.41, 5.74) is 7.68. The Balaban J connectivity index is 1.57. The van der Waals surface area contributed by atoms with Crippen LogP contribution in [0.5, 0.6) is 0 Å². The molecule has 1 aliphatic carbocycles. The molecule has 6 nitrogen and oxygen atoms in total. The van der Waals surface area contributed by atoms with E-state index in [2.05, 4.69) is 15.6 Å². The van der Waals surface area contributed by atoms with Gasteiger partial charge >= 0.3 is 0 Å². The minimum Gasteiger partial charge on any atom is -0.344 e. The summed E-state index contributed by atoms with van der Waals surface area (Å²) in [6, 6.07) is 7.39. The second-order valence-electron chi connectivity index (χ2n) is 6.25. The van der Waals surface area contributed by atoms with Gasteiger partial charge in [-0.3, -0.25) is 9.59 Å². The summed E-state index contributed by atoms with van der Waals surface area (Å²) in [7, 11) is 0. The third-order valence-electron chi connectivity index (χ3n) is 4.12. The van der Waals surface area contributed by atoms with E-state index in [1.165, 1.54) is 11.3 Å². The Morgan fingerprint density at radius 3 is 2.68 bits per heavy atom. The second-order valence-corrected chi connectivity index (χ2v) is 7.19. The first-order valence-electron chi connectivity index (χ1n) is 8.43. The van der Waals surface area contributed by atoms with Gasteiger partial charge in [-0.15, -0.1) is 11.3 Å². The number of amides is 2. The van der Waals surface area contributed by atoms with Crippen molar-refractivity contribution in [2.45, 2.75) is 32.2 Å². The van der Waals surface area contributed by atoms with E-state index in [-0.39, 0.29) is 23.8 Å². The number of nitrogens with zero attached hydrogens (tertiary/aromatic N) is 1. The number of rotatable bonds is 7. The molecular formula is C18H22N4O2S. The van der Waals surface area contributed by atoms with Crippen LogP contribution in [0, 0.1) is 5.92 Å². The number of benzene rings is 1. The molecule has 3 rings (SSSR count). The predicted molar refractivity (Wildman–Crippen MR) is 98.5 cm³/mol. The fourth-order valence-corrected chi connectivity index (χ4v) is 3.25. The van der Waals surface area contributed by atoms with Crippen molar-refractivity contribution in [3.63, 3.8) is 0 Å². The minimum atomic E-state index is -0.196. The highest BCUT2D eigenvalue weighted by Gasteiger charge is 2.29. The molecule has 132 valence electrons. The van der Waals surface area contributed by atoms with E-state index >= 15 is 0 Å². The van der Waals surface area contributed by atoms with Crippen LogP contribution in [0.1, 0.15) is 46.9 Å². The van der Waals surface area contributed by atoms with Gasteiger partial charge in [0.15, 0.2) is 0 Å². The zero-order valence-corrected chi connectivity index (χ0v) is 14.9. The SMILES string of the molecule is CC(NC(=O)c1csc(CCN)n1)c1ccc(NC(=O)C2CC2)cc1. The van der Waals surface area contributed by atoms with Crippen LogP contribution in [-0.2, 0) is 11.2 Å². The van der Waals surface area contributed by atoms with Gasteiger partial charge in [-0.25, -0.2) is 4.98 Å². The largest absolute Gasteiger partial charge is 0.344 e. The Bertz CT molecular complexity index is 753. The lowest BCUT2D eigenvalue weighted by molar-refractivity contribution is -0.117. The first-order valence-corrected chi connectivity index (χ1v) is 9.31. The van der Waals surface area contributed by atoms with Gasteiger partial charge in [0.2, 0.25) is 5.91 Å². The van der Waals surface area contributed by atoms with Crippen LogP contribution in [0.4, 0.5) is 5.69 Å². The smallest absolute Gasteiger partial charge is 0.271 e. The standard InChI is InChI=1S/C18H22N4O2S/c1-11(20-18(24)15-10-25-16(22-15)8-9-19)12-4-6-14(7-5-12)21-17(23)13-2-3-13/h4-7,10-11,13H,2-3,8-9,19H2,1H3,(H,20,24)(H,21,23). The van der Waals surface area contributed by atoms with Gasteiger partial charge < -0.3 is 16.4 Å². The molecule has 0 bridgehead atoms. The molecule has 2 amide bonds. The molecule has 1 heterocycles. The van der Waals surface area contributed by atoms with Crippen molar-refractivity contribution in [3.8, 4) is 0 Å². The highest BCUT2D eigenvalue weighted by Crippen LogP contribution is 2.30. The van der Waals surface area contributed by atoms with Gasteiger partial charge in [-0.05, 0) is 44.0 Å². The third-order valence-corrected chi connectivity index (χ3v) is 5.03. The van der Waals surface area contributed by atoms with Gasteiger partial charge in [0.1, 0.15) is 5.69 Å². The van der Waals surface area contributed by atoms with E-state index in [0.29, 0.717) is 18.7 Å². The normalized spacial score (nSPS) is 14.8. The van der Waals surface area contributed by atoms with Gasteiger partial charge in [-0.1, -0.05) is 12.1 Å². The summed E-state index contributed by atoms with van der Waals surface area (Å²) in [6.07, 6.45) is 2.65. The Kier molecular flexibility index (Phi) is 5.45. The number of nitrogens with one attached hydrogen (secondary N) is 2. The Morgan fingerprint density at radius 1 is 1.32 bits per heavy atom. The van der Waals surface area contributed by atoms with Gasteiger partial charge in [0.05, 0.1) is 11.0 Å². The maximum Gasteiger partial charge on any atom is 0.271 e. The van der Waals surface area contributed by atoms with Crippen LogP contribution in [0.3, 0.4) is 0 Å². The Labute approximate surface area is 150 Å². The maximum atomic E-state index is 12.3. The first kappa shape index (κ1) is 17.6. The molecule has 7 heteroatoms. The van der Waals surface area contributed by atoms with Crippen LogP contribution >= 0.6 is 11.3 Å². The second kappa shape index (κ2) is 7.76. The summed E-state index contributed by atoms with van der Waals surface area (Å²) in [5, 5.41) is 8.47. The first-order chi connectivity index (χ1) is 12.1.